The number of terminal acetylenes is 1. The van der Waals surface area contributed by atoms with Crippen LogP contribution in [-0.2, 0) is 25.6 Å². The van der Waals surface area contributed by atoms with Crippen LogP contribution < -0.4 is 0 Å². The maximum atomic E-state index is 14.0. The summed E-state index contributed by atoms with van der Waals surface area (Å²) in [5, 5.41) is 12.8. The van der Waals surface area contributed by atoms with Crippen LogP contribution in [0.3, 0.4) is 0 Å². The van der Waals surface area contributed by atoms with Crippen molar-refractivity contribution in [2.24, 2.45) is 5.92 Å². The van der Waals surface area contributed by atoms with Gasteiger partial charge in [-0.15, -0.1) is 11.5 Å². The molecule has 41 heavy (non-hydrogen) atoms. The molecule has 1 aliphatic heterocycles. The first-order valence-electron chi connectivity index (χ1n) is 13.7. The summed E-state index contributed by atoms with van der Waals surface area (Å²) in [6.45, 7) is 9.61. The standard InChI is InChI=1S/C29H39N6O5S/c1-8-17-39-21(3)24(18-25(36)20(2)33(7)28(38)40-29(4,5)6)26(37)34-16-12-13-22(34)19-35-27(30-31-32-35)41-23-14-10-9-11-15-23/h1,9-10,14-15,20-22,24H,12-13,16-19H2,2-7H3/q+1/t20-,21?,22-,24-/m0/s1. The Kier molecular flexibility index (Phi) is 11.2. The number of likely N-dealkylation sites (tertiary alicyclic amines) is 1. The highest BCUT2D eigenvalue weighted by molar-refractivity contribution is 8.03. The number of likely N-dealkylation sites (N-methyl/N-ethyl adjacent to an activating group) is 1. The van der Waals surface area contributed by atoms with E-state index in [1.807, 2.05) is 24.3 Å². The number of carbonyl (C=O) groups is 3. The van der Waals surface area contributed by atoms with E-state index in [-0.39, 0.29) is 30.8 Å². The average molecular weight is 584 g/mol. The van der Waals surface area contributed by atoms with Gasteiger partial charge in [0.05, 0.1) is 36.7 Å². The molecule has 2 aliphatic rings. The van der Waals surface area contributed by atoms with Gasteiger partial charge in [-0.25, -0.2) is 9.48 Å². The van der Waals surface area contributed by atoms with Crippen molar-refractivity contribution in [3.8, 4) is 12.3 Å². The molecule has 1 saturated heterocycles. The topological polar surface area (TPSA) is 120 Å². The Morgan fingerprint density at radius 3 is 2.73 bits per heavy atom. The van der Waals surface area contributed by atoms with Gasteiger partial charge in [0.2, 0.25) is 11.1 Å². The van der Waals surface area contributed by atoms with Crippen LogP contribution in [0.15, 0.2) is 34.4 Å². The predicted octanol–water partition coefficient (Wildman–Crippen LogP) is 3.44. The van der Waals surface area contributed by atoms with E-state index in [4.69, 9.17) is 15.9 Å². The number of Topliss-reactive ketones (excluding diaryl/α,β-unsaturated/α-hetero) is 1. The van der Waals surface area contributed by atoms with E-state index in [0.717, 1.165) is 17.7 Å². The summed E-state index contributed by atoms with van der Waals surface area (Å²) >= 11 is 1.42. The minimum absolute atomic E-state index is 0.0120. The van der Waals surface area contributed by atoms with Gasteiger partial charge in [-0.1, -0.05) is 5.92 Å². The minimum atomic E-state index is -0.801. The number of hydrogen-bond acceptors (Lipinski definition) is 9. The Balaban J connectivity index is 1.74. The number of aromatic nitrogens is 4. The molecule has 0 saturated carbocycles. The molecule has 1 aliphatic carbocycles. The number of thioether (sulfide) groups is 1. The van der Waals surface area contributed by atoms with Gasteiger partial charge < -0.3 is 19.3 Å². The molecular formula is C29H39N6O5S+. The van der Waals surface area contributed by atoms with Crippen LogP contribution in [0.25, 0.3) is 0 Å². The third-order valence-electron chi connectivity index (χ3n) is 6.89. The second kappa shape index (κ2) is 14.4. The van der Waals surface area contributed by atoms with Gasteiger partial charge in [-0.3, -0.25) is 9.59 Å². The van der Waals surface area contributed by atoms with Gasteiger partial charge >= 0.3 is 6.09 Å². The van der Waals surface area contributed by atoms with Crippen LogP contribution in [0.1, 0.15) is 53.9 Å². The molecule has 0 aromatic carbocycles. The fraction of sp³-hybridized carbons (Fsp3) is 0.586. The number of ether oxygens (including phenoxy) is 2. The van der Waals surface area contributed by atoms with Crippen molar-refractivity contribution in [1.82, 2.24) is 30.0 Å². The number of amides is 2. The number of carbonyl (C=O) groups excluding carboxylic acids is 3. The highest BCUT2D eigenvalue weighted by atomic mass is 32.2. The fourth-order valence-electron chi connectivity index (χ4n) is 4.50. The normalized spacial score (nSPS) is 18.6. The van der Waals surface area contributed by atoms with Crippen molar-refractivity contribution in [3.63, 3.8) is 0 Å². The highest BCUT2D eigenvalue weighted by Gasteiger charge is 2.39. The van der Waals surface area contributed by atoms with Gasteiger partial charge in [0.15, 0.2) is 5.78 Å². The molecule has 1 unspecified atom stereocenters. The molecule has 0 radical (unpaired) electrons. The van der Waals surface area contributed by atoms with E-state index in [0.29, 0.717) is 18.2 Å². The second-order valence-corrected chi connectivity index (χ2v) is 12.1. The molecule has 2 amide bonds. The highest BCUT2D eigenvalue weighted by Crippen LogP contribution is 2.29. The number of nitrogens with zero attached hydrogens (tertiary/aromatic N) is 6. The molecule has 12 heteroatoms. The lowest BCUT2D eigenvalue weighted by Crippen LogP contribution is -2.48. The van der Waals surface area contributed by atoms with Crippen molar-refractivity contribution >= 4 is 29.5 Å². The molecule has 4 atom stereocenters. The molecular weight excluding hydrogens is 544 g/mol. The molecule has 0 N–H and O–H groups in total. The van der Waals surface area contributed by atoms with E-state index in [1.54, 1.807) is 44.2 Å². The lowest BCUT2D eigenvalue weighted by Gasteiger charge is -2.32. The summed E-state index contributed by atoms with van der Waals surface area (Å²) in [5.41, 5.74) is -0.702. The lowest BCUT2D eigenvalue weighted by molar-refractivity contribution is -0.144. The molecule has 1 fully saturated rings. The van der Waals surface area contributed by atoms with Gasteiger partial charge in [0, 0.05) is 43.9 Å². The van der Waals surface area contributed by atoms with Crippen LogP contribution in [0.5, 0.6) is 0 Å². The molecule has 0 bridgehead atoms. The number of ketones is 1. The average Bonchev–Trinajstić information content (AvgIpc) is 3.58. The lowest BCUT2D eigenvalue weighted by atomic mass is 9.92. The molecule has 1 aromatic rings. The third-order valence-corrected chi connectivity index (χ3v) is 7.86. The van der Waals surface area contributed by atoms with E-state index in [2.05, 4.69) is 27.5 Å². The molecule has 3 rings (SSSR count). The Morgan fingerprint density at radius 1 is 1.32 bits per heavy atom. The number of rotatable bonds is 12. The fourth-order valence-corrected chi connectivity index (χ4v) is 5.28. The van der Waals surface area contributed by atoms with Crippen LogP contribution in [0, 0.1) is 24.3 Å². The first-order chi connectivity index (χ1) is 19.4. The molecule has 220 valence electrons. The number of hydrogen-bond donors (Lipinski definition) is 0. The van der Waals surface area contributed by atoms with Crippen LogP contribution in [0.2, 0.25) is 0 Å². The van der Waals surface area contributed by atoms with E-state index < -0.39 is 29.8 Å². The Bertz CT molecular complexity index is 1230. The van der Waals surface area contributed by atoms with Crippen molar-refractivity contribution in [3.05, 3.63) is 35.3 Å². The van der Waals surface area contributed by atoms with Crippen LogP contribution >= 0.6 is 11.8 Å². The summed E-state index contributed by atoms with van der Waals surface area (Å²) in [6, 6.07) is -0.961. The minimum Gasteiger partial charge on any atom is -0.444 e. The zero-order valence-electron chi connectivity index (χ0n) is 24.6. The molecule has 0 spiro atoms. The molecule has 1 aromatic heterocycles. The van der Waals surface area contributed by atoms with Gasteiger partial charge in [-0.2, -0.15) is 0 Å². The quantitative estimate of drug-likeness (QED) is 0.269. The SMILES string of the molecule is C#CCOC(C)[C@H](CC(=O)[C@H](C)N(C)C(=O)OC(C)(C)C)C(=O)N1CCC[C@H]1Cn1nnnc1SC1=CC=C[C+]=C1. The Hall–Kier alpha value is -3.52. The Morgan fingerprint density at radius 2 is 2.07 bits per heavy atom. The Labute approximate surface area is 246 Å². The van der Waals surface area contributed by atoms with Crippen LogP contribution in [-0.4, -0.2) is 91.8 Å². The summed E-state index contributed by atoms with van der Waals surface area (Å²) in [7, 11) is 1.51. The van der Waals surface area contributed by atoms with Crippen molar-refractivity contribution in [2.45, 2.75) is 89.4 Å². The molecule has 2 heterocycles. The number of tetrazole rings is 1. The molecule has 11 nitrogen and oxygen atoms in total. The summed E-state index contributed by atoms with van der Waals surface area (Å²) in [5.74, 6) is 1.17. The first kappa shape index (κ1) is 32.0. The van der Waals surface area contributed by atoms with Crippen molar-refractivity contribution in [2.75, 3.05) is 20.2 Å². The van der Waals surface area contributed by atoms with Crippen molar-refractivity contribution < 1.29 is 23.9 Å². The second-order valence-electron chi connectivity index (χ2n) is 11.1. The smallest absolute Gasteiger partial charge is 0.410 e. The third kappa shape index (κ3) is 8.98. The number of allylic oxidation sites excluding steroid dienone is 5. The first-order valence-corrected chi connectivity index (χ1v) is 14.5. The maximum Gasteiger partial charge on any atom is 0.410 e. The summed E-state index contributed by atoms with van der Waals surface area (Å²) in [4.78, 5) is 43.9. The summed E-state index contributed by atoms with van der Waals surface area (Å²) in [6.07, 6.45) is 16.2. The summed E-state index contributed by atoms with van der Waals surface area (Å²) < 4.78 is 12.8. The largest absolute Gasteiger partial charge is 0.444 e. The predicted molar refractivity (Wildman–Crippen MR) is 154 cm³/mol. The van der Waals surface area contributed by atoms with Gasteiger partial charge in [0.1, 0.15) is 29.3 Å². The van der Waals surface area contributed by atoms with Gasteiger partial charge in [0.25, 0.3) is 0 Å². The van der Waals surface area contributed by atoms with Crippen molar-refractivity contribution in [1.29, 1.82) is 0 Å². The zero-order chi connectivity index (χ0) is 30.2. The van der Waals surface area contributed by atoms with E-state index in [9.17, 15) is 14.4 Å². The van der Waals surface area contributed by atoms with E-state index in [1.165, 1.54) is 23.7 Å². The van der Waals surface area contributed by atoms with Gasteiger partial charge in [-0.05, 0) is 57.9 Å². The zero-order valence-corrected chi connectivity index (χ0v) is 25.4. The maximum absolute atomic E-state index is 14.0. The van der Waals surface area contributed by atoms with Crippen LogP contribution in [0.4, 0.5) is 4.79 Å². The monoisotopic (exact) mass is 583 g/mol. The van der Waals surface area contributed by atoms with E-state index >= 15 is 0 Å².